The first kappa shape index (κ1) is 25.3. The molecular weight excluding hydrogens is 465 g/mol. The second-order valence-electron chi connectivity index (χ2n) is 7.95. The molecule has 7 nitrogen and oxygen atoms in total. The van der Waals surface area contributed by atoms with Crippen molar-refractivity contribution in [3.05, 3.63) is 53.4 Å². The van der Waals surface area contributed by atoms with Gasteiger partial charge in [-0.25, -0.2) is 4.39 Å². The molecule has 0 radical (unpaired) electrons. The van der Waals surface area contributed by atoms with Gasteiger partial charge in [-0.3, -0.25) is 14.6 Å². The van der Waals surface area contributed by atoms with Crippen LogP contribution in [0.25, 0.3) is 0 Å². The van der Waals surface area contributed by atoms with Gasteiger partial charge in [-0.05, 0) is 32.0 Å². The van der Waals surface area contributed by atoms with E-state index in [1.54, 1.807) is 0 Å². The van der Waals surface area contributed by atoms with Gasteiger partial charge in [0.15, 0.2) is 17.2 Å². The Bertz CT molecular complexity index is 1110. The zero-order valence-corrected chi connectivity index (χ0v) is 18.4. The van der Waals surface area contributed by atoms with Crippen LogP contribution in [0.4, 0.5) is 27.6 Å². The first-order valence-electron chi connectivity index (χ1n) is 10.2. The molecule has 1 fully saturated rings. The molecule has 2 heterocycles. The lowest BCUT2D eigenvalue weighted by Crippen LogP contribution is -2.47. The van der Waals surface area contributed by atoms with Gasteiger partial charge >= 0.3 is 6.18 Å². The number of ether oxygens (including phenoxy) is 2. The van der Waals surface area contributed by atoms with Crippen LogP contribution < -0.4 is 15.8 Å². The van der Waals surface area contributed by atoms with Crippen LogP contribution in [0.2, 0.25) is 0 Å². The minimum Gasteiger partial charge on any atom is -0.490 e. The van der Waals surface area contributed by atoms with Crippen molar-refractivity contribution in [2.75, 3.05) is 11.9 Å². The number of rotatable bonds is 6. The summed E-state index contributed by atoms with van der Waals surface area (Å²) >= 11 is 0. The third-order valence-corrected chi connectivity index (χ3v) is 5.93. The number of anilines is 1. The van der Waals surface area contributed by atoms with Crippen molar-refractivity contribution in [2.45, 2.75) is 44.6 Å². The fraction of sp³-hybridized carbons (Fsp3) is 0.409. The molecule has 1 aromatic heterocycles. The van der Waals surface area contributed by atoms with Crippen LogP contribution in [-0.4, -0.2) is 41.3 Å². The maximum absolute atomic E-state index is 14.5. The SMILES string of the molecule is CCOc1c([C@@H]2[C@@H](C(=O)Nc3ccnc(C(N)=O)c3)O[C@@](C)(C(F)(F)F)[C@H]2C)ccc(F)c1F. The van der Waals surface area contributed by atoms with E-state index in [4.69, 9.17) is 15.2 Å². The van der Waals surface area contributed by atoms with Gasteiger partial charge in [0, 0.05) is 29.3 Å². The smallest absolute Gasteiger partial charge is 0.417 e. The fourth-order valence-electron chi connectivity index (χ4n) is 3.98. The van der Waals surface area contributed by atoms with Gasteiger partial charge < -0.3 is 20.5 Å². The molecule has 4 atom stereocenters. The standard InChI is InChI=1S/C22H22F5N3O4/c1-4-33-17-12(5-6-13(23)16(17)24)15-10(2)21(3,22(25,26)27)34-18(15)20(32)30-11-7-8-29-14(9-11)19(28)31/h5-10,15,18H,4H2,1-3H3,(H2,28,31)(H,29,30,32)/t10-,15+,18-,21+/m0/s1. The highest BCUT2D eigenvalue weighted by Gasteiger charge is 2.65. The highest BCUT2D eigenvalue weighted by Crippen LogP contribution is 2.55. The number of aromatic nitrogens is 1. The summed E-state index contributed by atoms with van der Waals surface area (Å²) in [6.07, 6.45) is -5.48. The Morgan fingerprint density at radius 1 is 1.26 bits per heavy atom. The molecule has 3 rings (SSSR count). The van der Waals surface area contributed by atoms with Gasteiger partial charge in [-0.2, -0.15) is 17.6 Å². The number of nitrogens with zero attached hydrogens (tertiary/aromatic N) is 1. The van der Waals surface area contributed by atoms with E-state index in [-0.39, 0.29) is 23.6 Å². The Morgan fingerprint density at radius 3 is 2.53 bits per heavy atom. The number of nitrogens with two attached hydrogens (primary N) is 1. The fourth-order valence-corrected chi connectivity index (χ4v) is 3.98. The number of primary amides is 1. The van der Waals surface area contributed by atoms with Gasteiger partial charge in [0.25, 0.3) is 11.8 Å². The summed E-state index contributed by atoms with van der Waals surface area (Å²) in [6, 6.07) is 4.26. The molecule has 0 unspecified atom stereocenters. The molecule has 12 heteroatoms. The van der Waals surface area contributed by atoms with Crippen molar-refractivity contribution < 1.29 is 41.0 Å². The highest BCUT2D eigenvalue weighted by atomic mass is 19.4. The third kappa shape index (κ3) is 4.41. The molecule has 2 aromatic rings. The number of halogens is 5. The van der Waals surface area contributed by atoms with Crippen molar-refractivity contribution in [1.82, 2.24) is 4.98 Å². The van der Waals surface area contributed by atoms with E-state index >= 15 is 0 Å². The summed E-state index contributed by atoms with van der Waals surface area (Å²) in [7, 11) is 0. The number of nitrogens with one attached hydrogen (secondary N) is 1. The van der Waals surface area contributed by atoms with Gasteiger partial charge in [-0.1, -0.05) is 13.0 Å². The number of amides is 2. The number of pyridine rings is 1. The molecule has 1 aromatic carbocycles. The van der Waals surface area contributed by atoms with E-state index in [9.17, 15) is 31.5 Å². The second-order valence-corrected chi connectivity index (χ2v) is 7.95. The number of carbonyl (C=O) groups is 2. The largest absolute Gasteiger partial charge is 0.490 e. The van der Waals surface area contributed by atoms with Crippen LogP contribution in [0.5, 0.6) is 5.75 Å². The number of benzene rings is 1. The van der Waals surface area contributed by atoms with Crippen molar-refractivity contribution in [3.8, 4) is 5.75 Å². The number of carbonyl (C=O) groups excluding carboxylic acids is 2. The summed E-state index contributed by atoms with van der Waals surface area (Å²) in [5.74, 6) is -7.87. The molecule has 0 saturated carbocycles. The summed E-state index contributed by atoms with van der Waals surface area (Å²) in [5, 5.41) is 2.38. The van der Waals surface area contributed by atoms with Gasteiger partial charge in [0.1, 0.15) is 11.8 Å². The van der Waals surface area contributed by atoms with Crippen molar-refractivity contribution >= 4 is 17.5 Å². The molecule has 0 spiro atoms. The normalized spacial score (nSPS) is 24.6. The highest BCUT2D eigenvalue weighted by molar-refractivity contribution is 5.97. The van der Waals surface area contributed by atoms with Crippen molar-refractivity contribution in [2.24, 2.45) is 11.7 Å². The van der Waals surface area contributed by atoms with Crippen molar-refractivity contribution in [1.29, 1.82) is 0 Å². The van der Waals surface area contributed by atoms with Crippen molar-refractivity contribution in [3.63, 3.8) is 0 Å². The minimum absolute atomic E-state index is 0.0275. The van der Waals surface area contributed by atoms with Crippen LogP contribution >= 0.6 is 0 Å². The van der Waals surface area contributed by atoms with Crippen LogP contribution in [0.1, 0.15) is 42.7 Å². The van der Waals surface area contributed by atoms with E-state index in [1.165, 1.54) is 26.1 Å². The summed E-state index contributed by atoms with van der Waals surface area (Å²) in [5.41, 5.74) is 2.07. The van der Waals surface area contributed by atoms with Gasteiger partial charge in [-0.15, -0.1) is 0 Å². The molecule has 0 bridgehead atoms. The number of hydrogen-bond acceptors (Lipinski definition) is 5. The Labute approximate surface area is 191 Å². The van der Waals surface area contributed by atoms with Crippen LogP contribution in [0.3, 0.4) is 0 Å². The Kier molecular flexibility index (Phi) is 6.83. The lowest BCUT2D eigenvalue weighted by Gasteiger charge is -2.32. The summed E-state index contributed by atoms with van der Waals surface area (Å²) in [4.78, 5) is 28.2. The van der Waals surface area contributed by atoms with E-state index in [0.717, 1.165) is 25.1 Å². The number of alkyl halides is 3. The molecule has 34 heavy (non-hydrogen) atoms. The molecule has 0 aliphatic carbocycles. The molecule has 3 N–H and O–H groups in total. The molecule has 1 saturated heterocycles. The van der Waals surface area contributed by atoms with Crippen LogP contribution in [0, 0.1) is 17.6 Å². The van der Waals surface area contributed by atoms with E-state index in [1.807, 2.05) is 0 Å². The summed E-state index contributed by atoms with van der Waals surface area (Å²) in [6.45, 7) is 3.39. The predicted molar refractivity (Wildman–Crippen MR) is 110 cm³/mol. The maximum atomic E-state index is 14.5. The monoisotopic (exact) mass is 487 g/mol. The molecule has 1 aliphatic heterocycles. The zero-order valence-electron chi connectivity index (χ0n) is 18.4. The Hall–Kier alpha value is -3.28. The number of hydrogen-bond donors (Lipinski definition) is 2. The first-order chi connectivity index (χ1) is 15.8. The van der Waals surface area contributed by atoms with E-state index in [0.29, 0.717) is 0 Å². The van der Waals surface area contributed by atoms with E-state index in [2.05, 4.69) is 10.3 Å². The molecule has 1 aliphatic rings. The zero-order chi connectivity index (χ0) is 25.4. The predicted octanol–water partition coefficient (Wildman–Crippen LogP) is 3.94. The van der Waals surface area contributed by atoms with Crippen LogP contribution in [0.15, 0.2) is 30.5 Å². The quantitative estimate of drug-likeness (QED) is 0.601. The minimum atomic E-state index is -4.89. The van der Waals surface area contributed by atoms with Gasteiger partial charge in [0.2, 0.25) is 5.82 Å². The lowest BCUT2D eigenvalue weighted by atomic mass is 9.77. The molecule has 2 amide bonds. The third-order valence-electron chi connectivity index (χ3n) is 5.93. The Morgan fingerprint density at radius 2 is 1.94 bits per heavy atom. The second kappa shape index (κ2) is 9.16. The molecular formula is C22H22F5N3O4. The maximum Gasteiger partial charge on any atom is 0.417 e. The molecule has 184 valence electrons. The average Bonchev–Trinajstić information content (AvgIpc) is 3.04. The van der Waals surface area contributed by atoms with Crippen LogP contribution in [-0.2, 0) is 9.53 Å². The van der Waals surface area contributed by atoms with Gasteiger partial charge in [0.05, 0.1) is 6.61 Å². The lowest BCUT2D eigenvalue weighted by molar-refractivity contribution is -0.272. The van der Waals surface area contributed by atoms with E-state index < -0.39 is 58.9 Å². The Balaban J connectivity index is 2.09. The average molecular weight is 487 g/mol. The summed E-state index contributed by atoms with van der Waals surface area (Å²) < 4.78 is 80.9. The first-order valence-corrected chi connectivity index (χ1v) is 10.2. The topological polar surface area (TPSA) is 104 Å².